The Morgan fingerprint density at radius 3 is 2.08 bits per heavy atom. The van der Waals surface area contributed by atoms with Crippen LogP contribution in [0.1, 0.15) is 37.3 Å². The lowest BCUT2D eigenvalue weighted by Crippen LogP contribution is -2.24. The molecule has 52 heavy (non-hydrogen) atoms. The number of para-hydroxylation sites is 2. The van der Waals surface area contributed by atoms with E-state index in [9.17, 15) is 9.59 Å². The van der Waals surface area contributed by atoms with Crippen LogP contribution in [0.15, 0.2) is 77.6 Å². The topological polar surface area (TPSA) is 142 Å². The second-order valence-corrected chi connectivity index (χ2v) is 11.7. The van der Waals surface area contributed by atoms with Crippen molar-refractivity contribution in [1.82, 2.24) is 4.57 Å². The zero-order valence-electron chi connectivity index (χ0n) is 30.5. The third-order valence-corrected chi connectivity index (χ3v) is 8.61. The molecule has 2 aliphatic heterocycles. The highest BCUT2D eigenvalue weighted by molar-refractivity contribution is 5.98. The Labute approximate surface area is 302 Å². The quantitative estimate of drug-likeness (QED) is 0.183. The Morgan fingerprint density at radius 2 is 1.42 bits per heavy atom. The summed E-state index contributed by atoms with van der Waals surface area (Å²) < 4.78 is 40.3. The van der Waals surface area contributed by atoms with E-state index >= 15 is 0 Å². The molecule has 1 atom stereocenters. The SMILES string of the molecule is CCN.CCOc1ccccc1-c1cc(=O)n(C)c2cc3c(cc12)OCO3.COc1ccccc1C1CC(=O)Nc2cc(OC)c(OC)c(OC)c21. The molecule has 0 spiro atoms. The normalized spacial score (nSPS) is 13.8. The minimum absolute atomic E-state index is 0.0716. The van der Waals surface area contributed by atoms with Gasteiger partial charge < -0.3 is 48.8 Å². The molecule has 12 nitrogen and oxygen atoms in total. The fraction of sp³-hybridized carbons (Fsp3) is 0.300. The highest BCUT2D eigenvalue weighted by Gasteiger charge is 2.34. The molecule has 0 bridgehead atoms. The van der Waals surface area contributed by atoms with E-state index in [1.54, 1.807) is 52.2 Å². The van der Waals surface area contributed by atoms with Crippen LogP contribution < -0.4 is 49.8 Å². The van der Waals surface area contributed by atoms with Crippen molar-refractivity contribution in [3.05, 3.63) is 94.3 Å². The molecule has 7 rings (SSSR count). The molecular weight excluding hydrogens is 666 g/mol. The third kappa shape index (κ3) is 7.42. The number of methoxy groups -OCH3 is 4. The molecule has 4 aromatic carbocycles. The maximum atomic E-state index is 12.4. The van der Waals surface area contributed by atoms with Gasteiger partial charge in [0.05, 0.1) is 46.3 Å². The summed E-state index contributed by atoms with van der Waals surface area (Å²) in [5, 5.41) is 3.83. The van der Waals surface area contributed by atoms with E-state index in [-0.39, 0.29) is 24.2 Å². The number of nitrogens with zero attached hydrogens (tertiary/aromatic N) is 1. The predicted molar refractivity (Wildman–Crippen MR) is 201 cm³/mol. The Morgan fingerprint density at radius 1 is 0.788 bits per heavy atom. The van der Waals surface area contributed by atoms with Crippen LogP contribution in [0.3, 0.4) is 0 Å². The molecule has 3 heterocycles. The highest BCUT2D eigenvalue weighted by Crippen LogP contribution is 2.52. The number of fused-ring (bicyclic) bond motifs is 3. The zero-order valence-corrected chi connectivity index (χ0v) is 30.5. The number of aromatic nitrogens is 1. The van der Waals surface area contributed by atoms with Gasteiger partial charge >= 0.3 is 0 Å². The van der Waals surface area contributed by atoms with Crippen molar-refractivity contribution in [3.8, 4) is 51.4 Å². The van der Waals surface area contributed by atoms with Crippen LogP contribution in [-0.2, 0) is 11.8 Å². The average Bonchev–Trinajstić information content (AvgIpc) is 3.63. The summed E-state index contributed by atoms with van der Waals surface area (Å²) >= 11 is 0. The summed E-state index contributed by atoms with van der Waals surface area (Å²) in [6.07, 6.45) is 0.291. The molecule has 0 saturated heterocycles. The van der Waals surface area contributed by atoms with Gasteiger partial charge in [-0.15, -0.1) is 0 Å². The van der Waals surface area contributed by atoms with Crippen LogP contribution in [0.2, 0.25) is 0 Å². The first-order chi connectivity index (χ1) is 25.2. The van der Waals surface area contributed by atoms with Gasteiger partial charge in [-0.05, 0) is 31.7 Å². The van der Waals surface area contributed by atoms with Crippen LogP contribution in [-0.4, -0.2) is 58.9 Å². The molecule has 5 aromatic rings. The summed E-state index contributed by atoms with van der Waals surface area (Å²) in [4.78, 5) is 24.7. The summed E-state index contributed by atoms with van der Waals surface area (Å²) in [7, 11) is 8.06. The average molecular weight is 712 g/mol. The number of benzene rings is 4. The van der Waals surface area contributed by atoms with E-state index < -0.39 is 0 Å². The van der Waals surface area contributed by atoms with E-state index in [1.807, 2.05) is 74.5 Å². The minimum Gasteiger partial charge on any atom is -0.496 e. The summed E-state index contributed by atoms with van der Waals surface area (Å²) in [6.45, 7) is 5.35. The Kier molecular flexibility index (Phi) is 12.1. The van der Waals surface area contributed by atoms with Crippen molar-refractivity contribution in [2.45, 2.75) is 26.2 Å². The lowest BCUT2D eigenvalue weighted by Gasteiger charge is -2.30. The van der Waals surface area contributed by atoms with E-state index in [2.05, 4.69) is 5.32 Å². The highest BCUT2D eigenvalue weighted by atomic mass is 16.7. The van der Waals surface area contributed by atoms with E-state index in [0.29, 0.717) is 47.5 Å². The number of anilines is 1. The minimum atomic E-state index is -0.213. The Hall–Kier alpha value is -5.88. The number of pyridine rings is 1. The molecule has 12 heteroatoms. The predicted octanol–water partition coefficient (Wildman–Crippen LogP) is 6.49. The number of carbonyl (C=O) groups excluding carboxylic acids is 1. The van der Waals surface area contributed by atoms with Crippen molar-refractivity contribution >= 4 is 22.5 Å². The van der Waals surface area contributed by atoms with Gasteiger partial charge in [-0.25, -0.2) is 0 Å². The standard InChI is InChI=1S/C19H21NO5.C19H17NO4.C2H7N/c1-22-14-8-6-5-7-11(14)12-9-16(21)20-13-10-15(23-2)18(24-3)19(25-4)17(12)13;1-3-22-16-7-5-4-6-12(16)13-9-19(21)20(2)15-10-18-17(8-14(13)15)23-11-24-18;1-2-3/h5-8,10,12H,9H2,1-4H3,(H,20,21);4-10H,3,11H2,1-2H3;2-3H2,1H3. The fourth-order valence-electron chi connectivity index (χ4n) is 6.37. The van der Waals surface area contributed by atoms with Gasteiger partial charge in [0.25, 0.3) is 5.56 Å². The van der Waals surface area contributed by atoms with Crippen LogP contribution >= 0.6 is 0 Å². The summed E-state index contributed by atoms with van der Waals surface area (Å²) in [6, 6.07) is 22.6. The van der Waals surface area contributed by atoms with Crippen molar-refractivity contribution < 1.29 is 38.0 Å². The van der Waals surface area contributed by atoms with Crippen LogP contribution in [0, 0.1) is 0 Å². The first-order valence-electron chi connectivity index (χ1n) is 16.9. The fourth-order valence-corrected chi connectivity index (χ4v) is 6.37. The first-order valence-corrected chi connectivity index (χ1v) is 16.9. The van der Waals surface area contributed by atoms with Gasteiger partial charge in [0, 0.05) is 65.2 Å². The number of amides is 1. The second kappa shape index (κ2) is 16.9. The van der Waals surface area contributed by atoms with E-state index in [0.717, 1.165) is 51.2 Å². The number of aryl methyl sites for hydroxylation is 1. The molecular formula is C40H45N3O9. The first kappa shape index (κ1) is 37.4. The number of nitrogens with one attached hydrogen (secondary N) is 1. The van der Waals surface area contributed by atoms with E-state index in [4.69, 9.17) is 38.9 Å². The molecule has 1 amide bonds. The van der Waals surface area contributed by atoms with Crippen LogP contribution in [0.25, 0.3) is 22.0 Å². The molecule has 0 saturated carbocycles. The maximum Gasteiger partial charge on any atom is 0.251 e. The summed E-state index contributed by atoms with van der Waals surface area (Å²) in [5.74, 6) is 4.10. The molecule has 1 unspecified atom stereocenters. The van der Waals surface area contributed by atoms with Gasteiger partial charge in [-0.3, -0.25) is 9.59 Å². The third-order valence-electron chi connectivity index (χ3n) is 8.61. The monoisotopic (exact) mass is 711 g/mol. The van der Waals surface area contributed by atoms with Gasteiger partial charge in [0.2, 0.25) is 18.4 Å². The number of rotatable bonds is 8. The number of nitrogens with two attached hydrogens (primary N) is 1. The molecule has 3 N–H and O–H groups in total. The number of hydrogen-bond acceptors (Lipinski definition) is 10. The molecule has 1 aromatic heterocycles. The maximum absolute atomic E-state index is 12.4. The molecule has 0 radical (unpaired) electrons. The van der Waals surface area contributed by atoms with Crippen molar-refractivity contribution in [1.29, 1.82) is 0 Å². The van der Waals surface area contributed by atoms with Crippen molar-refractivity contribution in [3.63, 3.8) is 0 Å². The lowest BCUT2D eigenvalue weighted by molar-refractivity contribution is -0.116. The van der Waals surface area contributed by atoms with Gasteiger partial charge in [-0.2, -0.15) is 0 Å². The van der Waals surface area contributed by atoms with Crippen LogP contribution in [0.5, 0.6) is 40.2 Å². The smallest absolute Gasteiger partial charge is 0.251 e. The number of ether oxygens (including phenoxy) is 7. The second-order valence-electron chi connectivity index (χ2n) is 11.7. The van der Waals surface area contributed by atoms with Crippen molar-refractivity contribution in [2.24, 2.45) is 12.8 Å². The van der Waals surface area contributed by atoms with Gasteiger partial charge in [0.1, 0.15) is 11.5 Å². The van der Waals surface area contributed by atoms with Gasteiger partial charge in [0.15, 0.2) is 23.0 Å². The Balaban J connectivity index is 0.000000187. The zero-order chi connectivity index (χ0) is 37.4. The largest absolute Gasteiger partial charge is 0.496 e. The number of carbonyl (C=O) groups is 1. The van der Waals surface area contributed by atoms with Crippen LogP contribution in [0.4, 0.5) is 5.69 Å². The molecule has 0 aliphatic carbocycles. The van der Waals surface area contributed by atoms with Crippen molar-refractivity contribution in [2.75, 3.05) is 53.7 Å². The van der Waals surface area contributed by atoms with E-state index in [1.165, 1.54) is 0 Å². The Bertz CT molecular complexity index is 2110. The molecule has 2 aliphatic rings. The molecule has 0 fully saturated rings. The summed E-state index contributed by atoms with van der Waals surface area (Å²) in [5.41, 5.74) is 9.71. The molecule has 274 valence electrons. The lowest BCUT2D eigenvalue weighted by atomic mass is 9.83. The number of hydrogen-bond donors (Lipinski definition) is 2. The van der Waals surface area contributed by atoms with Gasteiger partial charge in [-0.1, -0.05) is 43.3 Å².